The average Bonchev–Trinajstić information content (AvgIpc) is 0.711. The maximum absolute atomic E-state index is 16.3. The predicted octanol–water partition coefficient (Wildman–Crippen LogP) is 22.8. The fraction of sp³-hybridized carbons (Fsp3) is 0.319. The van der Waals surface area contributed by atoms with Gasteiger partial charge in [-0.2, -0.15) is 0 Å². The Morgan fingerprint density at radius 3 is 0.931 bits per heavy atom. The Morgan fingerprint density at radius 1 is 0.324 bits per heavy atom. The molecule has 8 heteroatoms. The van der Waals surface area contributed by atoms with Crippen molar-refractivity contribution in [3.8, 4) is 22.7 Å². The van der Waals surface area contributed by atoms with Crippen LogP contribution in [0.4, 0.5) is 0 Å². The molecule has 4 aromatic heterocycles. The van der Waals surface area contributed by atoms with E-state index < -0.39 is 10.8 Å². The lowest BCUT2D eigenvalue weighted by molar-refractivity contribution is 0.386. The highest BCUT2D eigenvalue weighted by molar-refractivity contribution is 6.08. The van der Waals surface area contributed by atoms with Crippen LogP contribution in [0.15, 0.2) is 189 Å². The van der Waals surface area contributed by atoms with Crippen LogP contribution < -0.4 is 21.7 Å². The average molecular weight is 1350 g/mol. The molecule has 0 N–H and O–H groups in total. The van der Waals surface area contributed by atoms with Gasteiger partial charge in [0.1, 0.15) is 0 Å². The Labute approximate surface area is 598 Å². The number of benzene rings is 10. The number of rotatable bonds is 6. The molecule has 0 saturated heterocycles. The first-order valence-electron chi connectivity index (χ1n) is 36.9. The fourth-order valence-corrected chi connectivity index (χ4v) is 17.7. The predicted molar refractivity (Wildman–Crippen MR) is 432 cm³/mol. The first-order chi connectivity index (χ1) is 48.1. The van der Waals surface area contributed by atoms with Crippen molar-refractivity contribution in [1.29, 1.82) is 0 Å². The molecule has 0 spiro atoms. The number of aromatic nitrogens is 4. The molecule has 0 bridgehead atoms. The van der Waals surface area contributed by atoms with Gasteiger partial charge in [-0.3, -0.25) is 19.2 Å². The molecule has 14 aromatic rings. The Morgan fingerprint density at radius 2 is 0.578 bits per heavy atom. The molecular formula is C94H96N4O4. The minimum absolute atomic E-state index is 0.0294. The highest BCUT2D eigenvalue weighted by Gasteiger charge is 2.38. The zero-order valence-electron chi connectivity index (χ0n) is 63.3. The third-order valence-corrected chi connectivity index (χ3v) is 23.0. The van der Waals surface area contributed by atoms with E-state index in [0.717, 1.165) is 108 Å². The van der Waals surface area contributed by atoms with Crippen molar-refractivity contribution in [2.75, 3.05) is 0 Å². The fourth-order valence-electron chi connectivity index (χ4n) is 17.7. The lowest BCUT2D eigenvalue weighted by Gasteiger charge is -2.40. The van der Waals surface area contributed by atoms with Gasteiger partial charge in [-0.15, -0.1) is 0 Å². The summed E-state index contributed by atoms with van der Waals surface area (Å²) in [5.41, 5.74) is 21.5. The summed E-state index contributed by atoms with van der Waals surface area (Å²) < 4.78 is 8.90. The summed E-state index contributed by atoms with van der Waals surface area (Å²) in [4.78, 5) is 64.0. The normalized spacial score (nSPS) is 15.9. The summed E-state index contributed by atoms with van der Waals surface area (Å²) in [7, 11) is 0. The van der Waals surface area contributed by atoms with E-state index in [9.17, 15) is 0 Å². The van der Waals surface area contributed by atoms with Gasteiger partial charge in [-0.1, -0.05) is 182 Å². The zero-order chi connectivity index (χ0) is 72.6. The zero-order valence-corrected chi connectivity index (χ0v) is 63.3. The van der Waals surface area contributed by atoms with Crippen LogP contribution in [-0.2, 0) is 21.7 Å². The van der Waals surface area contributed by atoms with Crippen molar-refractivity contribution in [3.63, 3.8) is 0 Å². The minimum Gasteiger partial charge on any atom is -0.309 e. The maximum Gasteiger partial charge on any atom is 0.197 e. The first-order valence-corrected chi connectivity index (χ1v) is 36.9. The van der Waals surface area contributed by atoms with E-state index in [4.69, 9.17) is 0 Å². The van der Waals surface area contributed by atoms with E-state index in [-0.39, 0.29) is 56.2 Å². The molecule has 1 aliphatic carbocycles. The lowest BCUT2D eigenvalue weighted by atomic mass is 9.64. The number of pyridine rings is 4. The van der Waals surface area contributed by atoms with Crippen LogP contribution in [0.1, 0.15) is 214 Å². The Bertz CT molecular complexity index is 6160. The molecule has 2 unspecified atom stereocenters. The Hall–Kier alpha value is -9.92. The van der Waals surface area contributed by atoms with E-state index in [1.165, 1.54) is 16.7 Å². The third-order valence-electron chi connectivity index (χ3n) is 23.0. The summed E-state index contributed by atoms with van der Waals surface area (Å²) in [6, 6.07) is 59.8. The maximum atomic E-state index is 16.3. The number of hydrogen-bond donors (Lipinski definition) is 0. The molecule has 15 rings (SSSR count). The Kier molecular flexibility index (Phi) is 15.9. The van der Waals surface area contributed by atoms with Gasteiger partial charge in [0.05, 0.1) is 44.1 Å². The number of nitrogens with zero attached hydrogens (tertiary/aromatic N) is 4. The van der Waals surface area contributed by atoms with Crippen LogP contribution in [0.5, 0.6) is 0 Å². The van der Waals surface area contributed by atoms with Gasteiger partial charge in [-0.25, -0.2) is 0 Å². The monoisotopic (exact) mass is 1340 g/mol. The van der Waals surface area contributed by atoms with Gasteiger partial charge in [-0.05, 0) is 252 Å². The second kappa shape index (κ2) is 23.8. The van der Waals surface area contributed by atoms with Gasteiger partial charge in [0.25, 0.3) is 0 Å². The molecule has 0 amide bonds. The second-order valence-electron chi connectivity index (χ2n) is 34.4. The van der Waals surface area contributed by atoms with Crippen LogP contribution in [0, 0.1) is 27.7 Å². The minimum atomic E-state index is -0.502. The lowest BCUT2D eigenvalue weighted by Crippen LogP contribution is -2.31. The van der Waals surface area contributed by atoms with Crippen LogP contribution in [0.3, 0.4) is 0 Å². The summed E-state index contributed by atoms with van der Waals surface area (Å²) in [5, 5.41) is 4.68. The number of fused-ring (bicyclic) bond motifs is 10. The highest BCUT2D eigenvalue weighted by atomic mass is 16.1. The molecule has 8 nitrogen and oxygen atoms in total. The van der Waals surface area contributed by atoms with Crippen molar-refractivity contribution < 1.29 is 0 Å². The van der Waals surface area contributed by atoms with E-state index in [2.05, 4.69) is 302 Å². The molecule has 516 valence electrons. The molecule has 1 aliphatic rings. The second-order valence-corrected chi connectivity index (χ2v) is 34.4. The molecule has 0 aliphatic heterocycles. The molecule has 4 heterocycles. The van der Waals surface area contributed by atoms with E-state index in [1.807, 2.05) is 24.3 Å². The quantitative estimate of drug-likeness (QED) is 0.155. The molecule has 2 atom stereocenters. The van der Waals surface area contributed by atoms with Crippen molar-refractivity contribution in [2.45, 2.75) is 197 Å². The van der Waals surface area contributed by atoms with Crippen molar-refractivity contribution in [1.82, 2.24) is 18.3 Å². The summed E-state index contributed by atoms with van der Waals surface area (Å²) in [6.07, 6.45) is 1.44. The Balaban J connectivity index is 0.987. The molecule has 102 heavy (non-hydrogen) atoms. The molecular weight excluding hydrogens is 1250 g/mol. The van der Waals surface area contributed by atoms with Crippen LogP contribution >= 0.6 is 0 Å². The summed E-state index contributed by atoms with van der Waals surface area (Å²) in [6.45, 7) is 44.6. The summed E-state index contributed by atoms with van der Waals surface area (Å²) >= 11 is 0. The first kappa shape index (κ1) is 67.9. The largest absolute Gasteiger partial charge is 0.309 e. The van der Waals surface area contributed by atoms with Gasteiger partial charge in [0.15, 0.2) is 21.7 Å². The van der Waals surface area contributed by atoms with E-state index in [0.29, 0.717) is 65.2 Å². The molecule has 0 fully saturated rings. The SMILES string of the molecule is Cc1ccc(-n2c3cc(C(C)C)c(C(C)C)cc3c(=O)c3cc4c(cc32)c(=O)c2cc3c(cc2n4-c2ccc(C)cc2)C(C)CC(C)(C)c2cc4c(=O)c5cc6c(cc5n(-c5ccc(C)cc5)c4cc2C(C)(C)CC3C)c(=O)c2cc(C(C)(C)C)c(C(C)(C)C)cc2n6-c2ccc(C)cc2)cc1. The van der Waals surface area contributed by atoms with Crippen LogP contribution in [0.25, 0.3) is 110 Å². The van der Waals surface area contributed by atoms with E-state index in [1.54, 1.807) is 0 Å². The van der Waals surface area contributed by atoms with Gasteiger partial charge < -0.3 is 18.3 Å². The number of aryl methyl sites for hydroxylation is 4. The standard InChI is InChI=1S/C94H96N4O4/c1-51(2)63-37-67-79(41-64(63)52(3)4)95(59-29-21-53(5)22-30-59)81-44-72-82(43-71(81)87(67)99)96(60-31-23-54(6)24-32-60)80-42-66-58(10)50-93(17,18)77-40-70-86(48-78(77)94(19,20)49-57(9)65(66)38-68(80)88(72)100)98(62-35-27-56(8)28-36-62)84-45-73-83(46-74(84)90(70)102)97(61-33-25-55(7)26-34-61)85-47-76(92(14,15)16)75(91(11,12)13)39-69(85)89(73)101/h21-48,51-52,57-58H,49-50H2,1-20H3. The molecule has 0 radical (unpaired) electrons. The van der Waals surface area contributed by atoms with Crippen molar-refractivity contribution >= 4 is 87.2 Å². The smallest absolute Gasteiger partial charge is 0.197 e. The van der Waals surface area contributed by atoms with Gasteiger partial charge >= 0.3 is 0 Å². The van der Waals surface area contributed by atoms with E-state index >= 15 is 19.2 Å². The topological polar surface area (TPSA) is 88.0 Å². The van der Waals surface area contributed by atoms with Crippen LogP contribution in [0.2, 0.25) is 0 Å². The van der Waals surface area contributed by atoms with Gasteiger partial charge in [0, 0.05) is 65.8 Å². The molecule has 0 saturated carbocycles. The third kappa shape index (κ3) is 10.9. The van der Waals surface area contributed by atoms with Crippen molar-refractivity contribution in [2.24, 2.45) is 0 Å². The van der Waals surface area contributed by atoms with Gasteiger partial charge in [0.2, 0.25) is 0 Å². The highest BCUT2D eigenvalue weighted by Crippen LogP contribution is 2.50. The molecule has 10 aromatic carbocycles. The van der Waals surface area contributed by atoms with Crippen LogP contribution in [-0.4, -0.2) is 18.3 Å². The summed E-state index contributed by atoms with van der Waals surface area (Å²) in [5.74, 6) is 0.338. The number of hydrogen-bond acceptors (Lipinski definition) is 4. The van der Waals surface area contributed by atoms with Crippen molar-refractivity contribution in [3.05, 3.63) is 278 Å².